The molecule has 218 valence electrons. The van der Waals surface area contributed by atoms with Crippen molar-refractivity contribution in [3.63, 3.8) is 0 Å². The third kappa shape index (κ3) is 7.65. The highest BCUT2D eigenvalue weighted by molar-refractivity contribution is 6.35. The molecule has 4 heterocycles. The maximum Gasteiger partial charge on any atom is 0.142 e. The third-order valence-electron chi connectivity index (χ3n) is 8.11. The fraction of sp³-hybridized carbons (Fsp3) is 0.400. The number of halogens is 4. The number of aromatic amines is 1. The molecule has 2 saturated heterocycles. The van der Waals surface area contributed by atoms with Crippen LogP contribution in [0.5, 0.6) is 0 Å². The Morgan fingerprint density at radius 1 is 0.756 bits per heavy atom. The van der Waals surface area contributed by atoms with E-state index in [1.165, 1.54) is 0 Å². The van der Waals surface area contributed by atoms with Gasteiger partial charge in [0.1, 0.15) is 17.8 Å². The van der Waals surface area contributed by atoms with Crippen LogP contribution < -0.4 is 21.7 Å². The Kier molecular flexibility index (Phi) is 9.66. The van der Waals surface area contributed by atoms with Gasteiger partial charge in [-0.1, -0.05) is 58.5 Å². The van der Waals surface area contributed by atoms with Crippen molar-refractivity contribution in [1.82, 2.24) is 20.3 Å². The molecule has 7 nitrogen and oxygen atoms in total. The van der Waals surface area contributed by atoms with E-state index in [1.807, 2.05) is 36.5 Å². The second-order valence-corrected chi connectivity index (χ2v) is 12.9. The molecule has 0 unspecified atom stereocenters. The molecule has 41 heavy (non-hydrogen) atoms. The fourth-order valence-electron chi connectivity index (χ4n) is 5.64. The van der Waals surface area contributed by atoms with Gasteiger partial charge in [0.15, 0.2) is 0 Å². The second kappa shape index (κ2) is 13.0. The summed E-state index contributed by atoms with van der Waals surface area (Å²) in [7, 11) is 0. The molecule has 2 fully saturated rings. The van der Waals surface area contributed by atoms with E-state index in [4.69, 9.17) is 57.9 Å². The number of aromatic nitrogens is 3. The minimum atomic E-state index is -0.266. The molecule has 0 atom stereocenters. The van der Waals surface area contributed by atoms with Gasteiger partial charge in [-0.15, -0.1) is 0 Å². The predicted molar refractivity (Wildman–Crippen MR) is 172 cm³/mol. The molecule has 0 aliphatic carbocycles. The number of hydrogen-bond acceptors (Lipinski definition) is 6. The highest BCUT2D eigenvalue weighted by atomic mass is 35.5. The van der Waals surface area contributed by atoms with Crippen LogP contribution in [0.2, 0.25) is 20.1 Å². The van der Waals surface area contributed by atoms with Gasteiger partial charge in [0.2, 0.25) is 0 Å². The summed E-state index contributed by atoms with van der Waals surface area (Å²) >= 11 is 24.3. The summed E-state index contributed by atoms with van der Waals surface area (Å²) in [5.74, 6) is 0.970. The van der Waals surface area contributed by atoms with Crippen molar-refractivity contribution >= 4 is 63.3 Å². The van der Waals surface area contributed by atoms with Gasteiger partial charge in [-0.25, -0.2) is 9.97 Å². The van der Waals surface area contributed by atoms with E-state index in [0.717, 1.165) is 97.7 Å². The Morgan fingerprint density at radius 3 is 1.88 bits per heavy atom. The molecule has 0 radical (unpaired) electrons. The Bertz CT molecular complexity index is 1480. The number of hydrogen-bond donors (Lipinski definition) is 4. The van der Waals surface area contributed by atoms with Crippen molar-refractivity contribution in [1.29, 1.82) is 0 Å². The van der Waals surface area contributed by atoms with E-state index in [0.29, 0.717) is 15.1 Å². The van der Waals surface area contributed by atoms with Crippen LogP contribution in [-0.4, -0.2) is 52.2 Å². The number of benzene rings is 2. The number of H-pyrrole nitrogens is 1. The Labute approximate surface area is 260 Å². The summed E-state index contributed by atoms with van der Waals surface area (Å²) in [5.41, 5.74) is 15.7. The quantitative estimate of drug-likeness (QED) is 0.202. The molecule has 11 heteroatoms. The van der Waals surface area contributed by atoms with Gasteiger partial charge >= 0.3 is 0 Å². The molecule has 6 N–H and O–H groups in total. The second-order valence-electron chi connectivity index (χ2n) is 11.2. The molecule has 2 aliphatic rings. The van der Waals surface area contributed by atoms with Gasteiger partial charge in [0, 0.05) is 50.5 Å². The molecule has 4 aromatic rings. The molecule has 2 aliphatic heterocycles. The first-order chi connectivity index (χ1) is 19.6. The van der Waals surface area contributed by atoms with Crippen molar-refractivity contribution in [3.05, 3.63) is 86.2 Å². The first kappa shape index (κ1) is 30.4. The van der Waals surface area contributed by atoms with Crippen LogP contribution in [0.4, 0.5) is 5.82 Å². The molecule has 0 bridgehead atoms. The van der Waals surface area contributed by atoms with Crippen molar-refractivity contribution in [2.75, 3.05) is 31.1 Å². The van der Waals surface area contributed by atoms with Gasteiger partial charge in [-0.3, -0.25) is 0 Å². The monoisotopic (exact) mass is 633 g/mol. The first-order valence-electron chi connectivity index (χ1n) is 13.8. The van der Waals surface area contributed by atoms with E-state index >= 15 is 0 Å². The van der Waals surface area contributed by atoms with Crippen molar-refractivity contribution in [2.45, 2.75) is 49.6 Å². The van der Waals surface area contributed by atoms with Gasteiger partial charge in [-0.2, -0.15) is 0 Å². The minimum Gasteiger partial charge on any atom is -0.356 e. The lowest BCUT2D eigenvalue weighted by molar-refractivity contribution is 0.308. The molecular formula is C30H35Cl4N7. The zero-order chi connectivity index (χ0) is 29.0. The number of rotatable bonds is 5. The van der Waals surface area contributed by atoms with E-state index < -0.39 is 0 Å². The average molecular weight is 635 g/mol. The Balaban J connectivity index is 0.000000182. The standard InChI is InChI=1S/C18H19Cl2N5.C12H16Cl2N2/c19-13-2-1-12(15(20)9-13)10-18(21)4-7-25(8-5-18)17-14-3-6-22-16(14)23-11-24-17;13-10-2-1-9(11(14)7-10)8-12(15)3-5-16-6-4-12/h1-3,6,9,11H,4-5,7-8,10,21H2,(H,22,23,24);1-2,7,16H,3-6,8,15H2. The highest BCUT2D eigenvalue weighted by Crippen LogP contribution is 2.32. The zero-order valence-corrected chi connectivity index (χ0v) is 25.8. The number of nitrogens with two attached hydrogens (primary N) is 2. The van der Waals surface area contributed by atoms with Crippen LogP contribution in [0, 0.1) is 0 Å². The molecule has 6 rings (SSSR count). The molecule has 0 spiro atoms. The lowest BCUT2D eigenvalue weighted by atomic mass is 9.83. The number of piperidine rings is 2. The largest absolute Gasteiger partial charge is 0.356 e. The van der Waals surface area contributed by atoms with Crippen LogP contribution in [-0.2, 0) is 12.8 Å². The van der Waals surface area contributed by atoms with Crippen LogP contribution in [0.25, 0.3) is 11.0 Å². The summed E-state index contributed by atoms with van der Waals surface area (Å²) in [5, 5.41) is 7.09. The summed E-state index contributed by atoms with van der Waals surface area (Å²) in [6.07, 6.45) is 8.81. The van der Waals surface area contributed by atoms with Gasteiger partial charge in [-0.05, 0) is 93.1 Å². The normalized spacial score (nSPS) is 18.1. The maximum atomic E-state index is 6.67. The van der Waals surface area contributed by atoms with Gasteiger partial charge in [0.25, 0.3) is 0 Å². The fourth-order valence-corrected chi connectivity index (χ4v) is 6.59. The van der Waals surface area contributed by atoms with Crippen LogP contribution >= 0.6 is 46.4 Å². The first-order valence-corrected chi connectivity index (χ1v) is 15.3. The Hall–Kier alpha value is -2.10. The molecule has 2 aromatic heterocycles. The van der Waals surface area contributed by atoms with Gasteiger partial charge < -0.3 is 26.7 Å². The summed E-state index contributed by atoms with van der Waals surface area (Å²) in [4.78, 5) is 14.1. The SMILES string of the molecule is NC1(Cc2ccc(Cl)cc2Cl)CCN(c2ncnc3[nH]ccc23)CC1.NC1(Cc2ccc(Cl)cc2Cl)CCNCC1. The van der Waals surface area contributed by atoms with E-state index in [9.17, 15) is 0 Å². The van der Waals surface area contributed by atoms with Crippen LogP contribution in [0.3, 0.4) is 0 Å². The smallest absolute Gasteiger partial charge is 0.142 e. The van der Waals surface area contributed by atoms with E-state index in [2.05, 4.69) is 25.2 Å². The van der Waals surface area contributed by atoms with Crippen molar-refractivity contribution < 1.29 is 0 Å². The van der Waals surface area contributed by atoms with Crippen LogP contribution in [0.1, 0.15) is 36.8 Å². The summed E-state index contributed by atoms with van der Waals surface area (Å²) in [6, 6.07) is 13.3. The van der Waals surface area contributed by atoms with Crippen molar-refractivity contribution in [3.8, 4) is 0 Å². The lowest BCUT2D eigenvalue weighted by Gasteiger charge is -2.40. The number of nitrogens with zero attached hydrogens (tertiary/aromatic N) is 3. The van der Waals surface area contributed by atoms with E-state index in [-0.39, 0.29) is 11.1 Å². The Morgan fingerprint density at radius 2 is 1.32 bits per heavy atom. The van der Waals surface area contributed by atoms with Crippen molar-refractivity contribution in [2.24, 2.45) is 11.5 Å². The van der Waals surface area contributed by atoms with Gasteiger partial charge in [0.05, 0.1) is 5.39 Å². The number of anilines is 1. The maximum absolute atomic E-state index is 6.67. The lowest BCUT2D eigenvalue weighted by Crippen LogP contribution is -2.52. The minimum absolute atomic E-state index is 0.122. The van der Waals surface area contributed by atoms with E-state index in [1.54, 1.807) is 18.5 Å². The number of fused-ring (bicyclic) bond motifs is 1. The topological polar surface area (TPSA) is 109 Å². The molecular weight excluding hydrogens is 600 g/mol. The zero-order valence-electron chi connectivity index (χ0n) is 22.8. The van der Waals surface area contributed by atoms with Crippen LogP contribution in [0.15, 0.2) is 55.0 Å². The summed E-state index contributed by atoms with van der Waals surface area (Å²) < 4.78 is 0. The average Bonchev–Trinajstić information content (AvgIpc) is 3.43. The molecule has 0 saturated carbocycles. The molecule has 2 aromatic carbocycles. The number of nitrogens with one attached hydrogen (secondary N) is 2. The third-order valence-corrected chi connectivity index (χ3v) is 9.28. The highest BCUT2D eigenvalue weighted by Gasteiger charge is 2.32. The molecule has 0 amide bonds. The summed E-state index contributed by atoms with van der Waals surface area (Å²) in [6.45, 7) is 3.70. The predicted octanol–water partition coefficient (Wildman–Crippen LogP) is 6.42.